The fraction of sp³-hybridized carbons (Fsp3) is 0.143. The van der Waals surface area contributed by atoms with Gasteiger partial charge in [0.05, 0.1) is 0 Å². The van der Waals surface area contributed by atoms with Crippen molar-refractivity contribution in [3.05, 3.63) is 50.4 Å². The number of hydrogen-bond acceptors (Lipinski definition) is 4. The van der Waals surface area contributed by atoms with Crippen LogP contribution in [-0.4, -0.2) is 17.0 Å². The molecule has 0 aliphatic rings. The van der Waals surface area contributed by atoms with Crippen LogP contribution in [0.4, 0.5) is 0 Å². The van der Waals surface area contributed by atoms with Gasteiger partial charge in [-0.3, -0.25) is 4.79 Å². The molecular formula is C14H13NO3S2. The first-order valence-corrected chi connectivity index (χ1v) is 7.57. The minimum Gasteiger partial charge on any atom is -0.479 e. The van der Waals surface area contributed by atoms with E-state index in [1.165, 1.54) is 17.4 Å². The molecule has 2 heterocycles. The number of thiophene rings is 2. The van der Waals surface area contributed by atoms with Crippen molar-refractivity contribution < 1.29 is 14.7 Å². The molecule has 0 saturated heterocycles. The van der Waals surface area contributed by atoms with Crippen molar-refractivity contribution in [2.45, 2.75) is 13.0 Å². The monoisotopic (exact) mass is 307 g/mol. The van der Waals surface area contributed by atoms with Crippen molar-refractivity contribution in [1.29, 1.82) is 0 Å². The van der Waals surface area contributed by atoms with Gasteiger partial charge in [-0.05, 0) is 36.6 Å². The molecule has 0 bridgehead atoms. The van der Waals surface area contributed by atoms with Crippen molar-refractivity contribution in [2.24, 2.45) is 0 Å². The number of rotatable bonds is 5. The van der Waals surface area contributed by atoms with E-state index in [4.69, 9.17) is 5.11 Å². The Kier molecular flexibility index (Phi) is 4.70. The first-order chi connectivity index (χ1) is 9.56. The topological polar surface area (TPSA) is 66.4 Å². The molecule has 1 atom stereocenters. The van der Waals surface area contributed by atoms with Crippen LogP contribution in [0.1, 0.15) is 20.7 Å². The summed E-state index contributed by atoms with van der Waals surface area (Å²) < 4.78 is 0. The predicted molar refractivity (Wildman–Crippen MR) is 80.9 cm³/mol. The lowest BCUT2D eigenvalue weighted by atomic mass is 10.2. The molecule has 2 rings (SSSR count). The third kappa shape index (κ3) is 3.79. The van der Waals surface area contributed by atoms with Crippen molar-refractivity contribution in [3.63, 3.8) is 0 Å². The van der Waals surface area contributed by atoms with Crippen LogP contribution in [-0.2, 0) is 9.59 Å². The van der Waals surface area contributed by atoms with Crippen LogP contribution in [0.15, 0.2) is 35.7 Å². The molecule has 0 aliphatic heterocycles. The highest BCUT2D eigenvalue weighted by Gasteiger charge is 2.21. The number of aliphatic carboxylic acids is 1. The Morgan fingerprint density at radius 2 is 2.15 bits per heavy atom. The zero-order valence-corrected chi connectivity index (χ0v) is 12.3. The van der Waals surface area contributed by atoms with Gasteiger partial charge in [0.15, 0.2) is 6.04 Å². The fourth-order valence-corrected chi connectivity index (χ4v) is 3.15. The normalized spacial score (nSPS) is 12.4. The minimum absolute atomic E-state index is 0.420. The molecule has 0 aliphatic carbocycles. The predicted octanol–water partition coefficient (Wildman–Crippen LogP) is 3.07. The molecule has 6 heteroatoms. The Bertz CT molecular complexity index is 629. The Morgan fingerprint density at radius 3 is 2.70 bits per heavy atom. The maximum atomic E-state index is 11.8. The van der Waals surface area contributed by atoms with Gasteiger partial charge in [0.25, 0.3) is 0 Å². The van der Waals surface area contributed by atoms with E-state index in [2.05, 4.69) is 5.32 Å². The highest BCUT2D eigenvalue weighted by Crippen LogP contribution is 2.19. The number of aryl methyl sites for hydroxylation is 1. The highest BCUT2D eigenvalue weighted by atomic mass is 32.1. The molecule has 2 aromatic rings. The number of carbonyl (C=O) groups excluding carboxylic acids is 1. The third-order valence-corrected chi connectivity index (χ3v) is 4.42. The molecule has 0 spiro atoms. The van der Waals surface area contributed by atoms with E-state index in [1.807, 2.05) is 19.1 Å². The first kappa shape index (κ1) is 14.5. The largest absolute Gasteiger partial charge is 0.479 e. The first-order valence-electron chi connectivity index (χ1n) is 5.87. The maximum absolute atomic E-state index is 11.8. The van der Waals surface area contributed by atoms with Crippen molar-refractivity contribution in [3.8, 4) is 0 Å². The molecule has 2 aromatic heterocycles. The van der Waals surface area contributed by atoms with Crippen LogP contribution >= 0.6 is 22.7 Å². The van der Waals surface area contributed by atoms with Gasteiger partial charge < -0.3 is 10.4 Å². The van der Waals surface area contributed by atoms with Crippen LogP contribution in [0.5, 0.6) is 0 Å². The lowest BCUT2D eigenvalue weighted by molar-refractivity contribution is -0.141. The molecule has 104 valence electrons. The highest BCUT2D eigenvalue weighted by molar-refractivity contribution is 7.12. The van der Waals surface area contributed by atoms with Gasteiger partial charge >= 0.3 is 5.97 Å². The number of carboxylic acids is 1. The summed E-state index contributed by atoms with van der Waals surface area (Å²) in [7, 11) is 0. The molecule has 0 saturated carbocycles. The molecule has 0 radical (unpaired) electrons. The van der Waals surface area contributed by atoms with E-state index in [9.17, 15) is 9.59 Å². The molecule has 2 N–H and O–H groups in total. The zero-order chi connectivity index (χ0) is 14.5. The van der Waals surface area contributed by atoms with Crippen molar-refractivity contribution in [1.82, 2.24) is 5.32 Å². The smallest absolute Gasteiger partial charge is 0.331 e. The molecule has 0 aromatic carbocycles. The molecule has 1 unspecified atom stereocenters. The summed E-state index contributed by atoms with van der Waals surface area (Å²) >= 11 is 2.87. The molecular weight excluding hydrogens is 294 g/mol. The van der Waals surface area contributed by atoms with Gasteiger partial charge in [-0.15, -0.1) is 22.7 Å². The Hall–Kier alpha value is -1.92. The van der Waals surface area contributed by atoms with Gasteiger partial charge in [-0.25, -0.2) is 4.79 Å². The summed E-state index contributed by atoms with van der Waals surface area (Å²) in [5, 5.41) is 13.4. The second kappa shape index (κ2) is 6.49. The lowest BCUT2D eigenvalue weighted by Gasteiger charge is -2.10. The van der Waals surface area contributed by atoms with Crippen LogP contribution in [0, 0.1) is 6.92 Å². The SMILES string of the molecule is Cc1ccc(/C=C/C(=O)NC(C(=O)O)c2cccs2)s1. The minimum atomic E-state index is -1.07. The van der Waals surface area contributed by atoms with Gasteiger partial charge in [0.1, 0.15) is 0 Å². The molecule has 4 nitrogen and oxygen atoms in total. The fourth-order valence-electron chi connectivity index (χ4n) is 1.60. The van der Waals surface area contributed by atoms with Crippen LogP contribution in [0.3, 0.4) is 0 Å². The van der Waals surface area contributed by atoms with E-state index >= 15 is 0 Å². The van der Waals surface area contributed by atoms with Gasteiger partial charge in [-0.2, -0.15) is 0 Å². The van der Waals surface area contributed by atoms with E-state index < -0.39 is 17.9 Å². The van der Waals surface area contributed by atoms with Gasteiger partial charge in [0.2, 0.25) is 5.91 Å². The maximum Gasteiger partial charge on any atom is 0.331 e. The standard InChI is InChI=1S/C14H13NO3S2/c1-9-4-5-10(20-9)6-7-12(16)15-13(14(17)18)11-3-2-8-19-11/h2-8,13H,1H3,(H,15,16)(H,17,18)/b7-6+. The summed E-state index contributed by atoms with van der Waals surface area (Å²) in [5.74, 6) is -1.49. The second-order valence-electron chi connectivity index (χ2n) is 4.08. The molecule has 0 fully saturated rings. The van der Waals surface area contributed by atoms with Crippen molar-refractivity contribution >= 4 is 40.6 Å². The van der Waals surface area contributed by atoms with Crippen LogP contribution in [0.2, 0.25) is 0 Å². The summed E-state index contributed by atoms with van der Waals surface area (Å²) in [6.07, 6.45) is 3.04. The van der Waals surface area contributed by atoms with E-state index in [0.717, 1.165) is 9.75 Å². The zero-order valence-electron chi connectivity index (χ0n) is 10.7. The molecule has 20 heavy (non-hydrogen) atoms. The van der Waals surface area contributed by atoms with Crippen LogP contribution < -0.4 is 5.32 Å². The number of carboxylic acid groups (broad SMARTS) is 1. The van der Waals surface area contributed by atoms with Crippen molar-refractivity contribution in [2.75, 3.05) is 0 Å². The van der Waals surface area contributed by atoms with E-state index in [0.29, 0.717) is 4.88 Å². The lowest BCUT2D eigenvalue weighted by Crippen LogP contribution is -2.31. The van der Waals surface area contributed by atoms with Gasteiger partial charge in [-0.1, -0.05) is 6.07 Å². The molecule has 1 amide bonds. The summed E-state index contributed by atoms with van der Waals surface area (Å²) in [6.45, 7) is 1.99. The number of hydrogen-bond donors (Lipinski definition) is 2. The summed E-state index contributed by atoms with van der Waals surface area (Å²) in [5.41, 5.74) is 0. The summed E-state index contributed by atoms with van der Waals surface area (Å²) in [4.78, 5) is 25.7. The average molecular weight is 307 g/mol. The Morgan fingerprint density at radius 1 is 1.35 bits per heavy atom. The van der Waals surface area contributed by atoms with E-state index in [1.54, 1.807) is 34.9 Å². The van der Waals surface area contributed by atoms with Gasteiger partial charge in [0, 0.05) is 20.7 Å². The van der Waals surface area contributed by atoms with Crippen LogP contribution in [0.25, 0.3) is 6.08 Å². The third-order valence-electron chi connectivity index (χ3n) is 2.52. The van der Waals surface area contributed by atoms with E-state index in [-0.39, 0.29) is 0 Å². The Balaban J connectivity index is 2.02. The Labute approximate surface area is 124 Å². The second-order valence-corrected chi connectivity index (χ2v) is 6.38. The number of carbonyl (C=O) groups is 2. The summed E-state index contributed by atoms with van der Waals surface area (Å²) in [6, 6.07) is 6.32. The average Bonchev–Trinajstić information content (AvgIpc) is 3.04. The number of nitrogens with one attached hydrogen (secondary N) is 1. The quantitative estimate of drug-likeness (QED) is 0.834. The number of amides is 1.